The summed E-state index contributed by atoms with van der Waals surface area (Å²) in [7, 11) is 0. The number of hydrogen-bond donors (Lipinski definition) is 1. The van der Waals surface area contributed by atoms with Crippen LogP contribution in [-0.2, 0) is 11.3 Å². The van der Waals surface area contributed by atoms with Gasteiger partial charge in [0, 0.05) is 24.5 Å². The van der Waals surface area contributed by atoms with E-state index in [2.05, 4.69) is 47.1 Å². The molecule has 0 bridgehead atoms. The first-order chi connectivity index (χ1) is 8.74. The SMILES string of the molecule is Cc1ccc2c(CN3CCOC[C@@H]3C)[nH]nc2c1. The summed E-state index contributed by atoms with van der Waals surface area (Å²) < 4.78 is 5.47. The number of nitrogens with one attached hydrogen (secondary N) is 1. The maximum Gasteiger partial charge on any atom is 0.0926 e. The number of hydrogen-bond acceptors (Lipinski definition) is 3. The van der Waals surface area contributed by atoms with Crippen molar-refractivity contribution in [2.24, 2.45) is 0 Å². The molecule has 0 spiro atoms. The Morgan fingerprint density at radius 2 is 2.39 bits per heavy atom. The fourth-order valence-corrected chi connectivity index (χ4v) is 2.50. The van der Waals surface area contributed by atoms with E-state index in [1.807, 2.05) is 0 Å². The fraction of sp³-hybridized carbons (Fsp3) is 0.500. The van der Waals surface area contributed by atoms with Crippen LogP contribution in [0.5, 0.6) is 0 Å². The van der Waals surface area contributed by atoms with Crippen molar-refractivity contribution >= 4 is 10.9 Å². The van der Waals surface area contributed by atoms with Crippen molar-refractivity contribution in [2.45, 2.75) is 26.4 Å². The van der Waals surface area contributed by atoms with Crippen LogP contribution < -0.4 is 0 Å². The van der Waals surface area contributed by atoms with Gasteiger partial charge in [-0.2, -0.15) is 5.10 Å². The molecule has 0 unspecified atom stereocenters. The van der Waals surface area contributed by atoms with Gasteiger partial charge in [-0.3, -0.25) is 10.00 Å². The number of rotatable bonds is 2. The summed E-state index contributed by atoms with van der Waals surface area (Å²) in [6.45, 7) is 7.87. The van der Waals surface area contributed by atoms with Gasteiger partial charge in [0.1, 0.15) is 0 Å². The van der Waals surface area contributed by atoms with Crippen molar-refractivity contribution in [3.05, 3.63) is 29.5 Å². The van der Waals surface area contributed by atoms with E-state index in [1.54, 1.807) is 0 Å². The van der Waals surface area contributed by atoms with Crippen LogP contribution in [0, 0.1) is 6.92 Å². The number of aromatic nitrogens is 2. The van der Waals surface area contributed by atoms with E-state index in [0.717, 1.165) is 31.8 Å². The van der Waals surface area contributed by atoms with E-state index >= 15 is 0 Å². The Bertz CT molecular complexity index is 549. The molecule has 1 atom stereocenters. The number of H-pyrrole nitrogens is 1. The molecule has 1 aliphatic rings. The Morgan fingerprint density at radius 3 is 3.22 bits per heavy atom. The molecule has 18 heavy (non-hydrogen) atoms. The molecule has 0 saturated carbocycles. The van der Waals surface area contributed by atoms with E-state index in [9.17, 15) is 0 Å². The lowest BCUT2D eigenvalue weighted by Crippen LogP contribution is -2.43. The van der Waals surface area contributed by atoms with Gasteiger partial charge >= 0.3 is 0 Å². The molecule has 4 nitrogen and oxygen atoms in total. The molecule has 3 rings (SSSR count). The molecular weight excluding hydrogens is 226 g/mol. The van der Waals surface area contributed by atoms with Gasteiger partial charge in [0.2, 0.25) is 0 Å². The van der Waals surface area contributed by atoms with Crippen LogP contribution in [0.4, 0.5) is 0 Å². The number of aromatic amines is 1. The minimum Gasteiger partial charge on any atom is -0.379 e. The second-order valence-corrected chi connectivity index (χ2v) is 5.12. The average Bonchev–Trinajstić information content (AvgIpc) is 2.74. The minimum atomic E-state index is 0.475. The maximum atomic E-state index is 5.47. The summed E-state index contributed by atoms with van der Waals surface area (Å²) >= 11 is 0. The molecule has 1 aliphatic heterocycles. The second-order valence-electron chi connectivity index (χ2n) is 5.12. The highest BCUT2D eigenvalue weighted by Crippen LogP contribution is 2.20. The number of nitrogens with zero attached hydrogens (tertiary/aromatic N) is 2. The zero-order valence-corrected chi connectivity index (χ0v) is 10.9. The number of ether oxygens (including phenoxy) is 1. The zero-order valence-electron chi connectivity index (χ0n) is 10.9. The van der Waals surface area contributed by atoms with Crippen molar-refractivity contribution in [2.75, 3.05) is 19.8 Å². The van der Waals surface area contributed by atoms with Crippen molar-refractivity contribution in [3.8, 4) is 0 Å². The van der Waals surface area contributed by atoms with Gasteiger partial charge in [-0.25, -0.2) is 0 Å². The quantitative estimate of drug-likeness (QED) is 0.881. The van der Waals surface area contributed by atoms with E-state index in [4.69, 9.17) is 4.74 Å². The van der Waals surface area contributed by atoms with Crippen molar-refractivity contribution in [1.29, 1.82) is 0 Å². The topological polar surface area (TPSA) is 41.1 Å². The standard InChI is InChI=1S/C14H19N3O/c1-10-3-4-12-13(7-10)15-16-14(12)8-17-5-6-18-9-11(17)2/h3-4,7,11H,5-6,8-9H2,1-2H3,(H,15,16)/t11-/m0/s1. The van der Waals surface area contributed by atoms with Crippen LogP contribution in [0.15, 0.2) is 18.2 Å². The summed E-state index contributed by atoms with van der Waals surface area (Å²) in [5, 5.41) is 8.80. The molecule has 1 aromatic carbocycles. The maximum absolute atomic E-state index is 5.47. The Morgan fingerprint density at radius 1 is 1.50 bits per heavy atom. The first kappa shape index (κ1) is 11.7. The van der Waals surface area contributed by atoms with Gasteiger partial charge in [0.15, 0.2) is 0 Å². The number of benzene rings is 1. The first-order valence-corrected chi connectivity index (χ1v) is 6.49. The predicted molar refractivity (Wildman–Crippen MR) is 71.5 cm³/mol. The number of aryl methyl sites for hydroxylation is 1. The molecule has 96 valence electrons. The van der Waals surface area contributed by atoms with Crippen molar-refractivity contribution < 1.29 is 4.74 Å². The lowest BCUT2D eigenvalue weighted by atomic mass is 10.1. The summed E-state index contributed by atoms with van der Waals surface area (Å²) in [5.74, 6) is 0. The molecular formula is C14H19N3O. The van der Waals surface area contributed by atoms with E-state index in [-0.39, 0.29) is 0 Å². The summed E-state index contributed by atoms with van der Waals surface area (Å²) in [4.78, 5) is 2.44. The molecule has 1 N–H and O–H groups in total. The molecule has 4 heteroatoms. The fourth-order valence-electron chi connectivity index (χ4n) is 2.50. The van der Waals surface area contributed by atoms with Crippen LogP contribution in [0.2, 0.25) is 0 Å². The summed E-state index contributed by atoms with van der Waals surface area (Å²) in [5.41, 5.74) is 3.52. The molecule has 1 aromatic heterocycles. The highest BCUT2D eigenvalue weighted by molar-refractivity contribution is 5.81. The Labute approximate surface area is 107 Å². The van der Waals surface area contributed by atoms with Crippen molar-refractivity contribution in [1.82, 2.24) is 15.1 Å². The van der Waals surface area contributed by atoms with Gasteiger partial charge in [0.05, 0.1) is 24.4 Å². The second kappa shape index (κ2) is 4.71. The molecule has 2 aromatic rings. The molecule has 0 aliphatic carbocycles. The van der Waals surface area contributed by atoms with Crippen LogP contribution in [-0.4, -0.2) is 40.9 Å². The van der Waals surface area contributed by atoms with Crippen molar-refractivity contribution in [3.63, 3.8) is 0 Å². The Kier molecular flexibility index (Phi) is 3.06. The Hall–Kier alpha value is -1.39. The predicted octanol–water partition coefficient (Wildman–Crippen LogP) is 2.09. The molecule has 1 saturated heterocycles. The first-order valence-electron chi connectivity index (χ1n) is 6.49. The third-order valence-corrected chi connectivity index (χ3v) is 3.66. The van der Waals surface area contributed by atoms with E-state index in [1.165, 1.54) is 16.6 Å². The van der Waals surface area contributed by atoms with Crippen LogP contribution in [0.25, 0.3) is 10.9 Å². The number of morpholine rings is 1. The number of fused-ring (bicyclic) bond motifs is 1. The molecule has 2 heterocycles. The lowest BCUT2D eigenvalue weighted by Gasteiger charge is -2.32. The zero-order chi connectivity index (χ0) is 12.5. The third-order valence-electron chi connectivity index (χ3n) is 3.66. The summed E-state index contributed by atoms with van der Waals surface area (Å²) in [6, 6.07) is 6.90. The molecule has 0 radical (unpaired) electrons. The smallest absolute Gasteiger partial charge is 0.0926 e. The Balaban J connectivity index is 1.86. The molecule has 1 fully saturated rings. The average molecular weight is 245 g/mol. The lowest BCUT2D eigenvalue weighted by molar-refractivity contribution is -0.00473. The van der Waals surface area contributed by atoms with Gasteiger partial charge in [-0.1, -0.05) is 12.1 Å². The largest absolute Gasteiger partial charge is 0.379 e. The van der Waals surface area contributed by atoms with Crippen LogP contribution in [0.1, 0.15) is 18.2 Å². The van der Waals surface area contributed by atoms with E-state index in [0.29, 0.717) is 6.04 Å². The van der Waals surface area contributed by atoms with E-state index < -0.39 is 0 Å². The highest BCUT2D eigenvalue weighted by atomic mass is 16.5. The van der Waals surface area contributed by atoms with Gasteiger partial charge in [-0.05, 0) is 25.5 Å². The van der Waals surface area contributed by atoms with Crippen LogP contribution in [0.3, 0.4) is 0 Å². The van der Waals surface area contributed by atoms with Gasteiger partial charge < -0.3 is 4.74 Å². The summed E-state index contributed by atoms with van der Waals surface area (Å²) in [6.07, 6.45) is 0. The molecule has 0 amide bonds. The van der Waals surface area contributed by atoms with Gasteiger partial charge in [0.25, 0.3) is 0 Å². The highest BCUT2D eigenvalue weighted by Gasteiger charge is 2.20. The van der Waals surface area contributed by atoms with Crippen LogP contribution >= 0.6 is 0 Å². The van der Waals surface area contributed by atoms with Gasteiger partial charge in [-0.15, -0.1) is 0 Å². The third kappa shape index (κ3) is 2.13. The normalized spacial score (nSPS) is 21.6. The monoisotopic (exact) mass is 245 g/mol. The minimum absolute atomic E-state index is 0.475.